The van der Waals surface area contributed by atoms with Gasteiger partial charge in [-0.05, 0) is 58.7 Å². The van der Waals surface area contributed by atoms with Crippen molar-refractivity contribution >= 4 is 34.9 Å². The maximum absolute atomic E-state index is 13.9. The van der Waals surface area contributed by atoms with Gasteiger partial charge in [0, 0.05) is 29.5 Å². The van der Waals surface area contributed by atoms with Gasteiger partial charge in [0.1, 0.15) is 0 Å². The molecule has 42 heavy (non-hydrogen) atoms. The van der Waals surface area contributed by atoms with E-state index in [4.69, 9.17) is 4.74 Å². The maximum Gasteiger partial charge on any atom is 0.338 e. The average molecular weight is 559 g/mol. The van der Waals surface area contributed by atoms with Gasteiger partial charge in [-0.25, -0.2) is 9.69 Å². The lowest BCUT2D eigenvalue weighted by atomic mass is 9.55. The number of esters is 1. The van der Waals surface area contributed by atoms with Crippen molar-refractivity contribution in [2.45, 2.75) is 11.8 Å². The Hall–Kier alpha value is -5.44. The van der Waals surface area contributed by atoms with E-state index in [9.17, 15) is 29.3 Å². The predicted molar refractivity (Wildman–Crippen MR) is 150 cm³/mol. The number of anilines is 1. The quantitative estimate of drug-likeness (QED) is 0.107. The fraction of sp³-hybridized carbons (Fsp3) is 0.152. The molecule has 9 heteroatoms. The summed E-state index contributed by atoms with van der Waals surface area (Å²) in [4.78, 5) is 64.2. The van der Waals surface area contributed by atoms with E-state index in [2.05, 4.69) is 0 Å². The van der Waals surface area contributed by atoms with Gasteiger partial charge < -0.3 is 4.74 Å². The molecular formula is C33H22N2O7. The number of imide groups is 1. The van der Waals surface area contributed by atoms with Gasteiger partial charge in [-0.1, -0.05) is 48.5 Å². The minimum absolute atomic E-state index is 0.145. The third-order valence-corrected chi connectivity index (χ3v) is 8.54. The van der Waals surface area contributed by atoms with Crippen molar-refractivity contribution in [2.24, 2.45) is 11.8 Å². The van der Waals surface area contributed by atoms with Crippen molar-refractivity contribution in [3.63, 3.8) is 0 Å². The van der Waals surface area contributed by atoms with Crippen LogP contribution in [0.25, 0.3) is 0 Å². The smallest absolute Gasteiger partial charge is 0.338 e. The predicted octanol–water partition coefficient (Wildman–Crippen LogP) is 5.03. The van der Waals surface area contributed by atoms with Crippen LogP contribution in [0.15, 0.2) is 97.1 Å². The van der Waals surface area contributed by atoms with E-state index < -0.39 is 35.1 Å². The molecule has 4 aromatic carbocycles. The van der Waals surface area contributed by atoms with E-state index in [-0.39, 0.29) is 40.5 Å². The molecule has 9 nitrogen and oxygen atoms in total. The van der Waals surface area contributed by atoms with Crippen LogP contribution in [0.1, 0.15) is 54.8 Å². The van der Waals surface area contributed by atoms with E-state index in [1.165, 1.54) is 53.4 Å². The first-order valence-electron chi connectivity index (χ1n) is 13.5. The first-order valence-corrected chi connectivity index (χ1v) is 13.5. The van der Waals surface area contributed by atoms with Gasteiger partial charge in [0.15, 0.2) is 12.4 Å². The van der Waals surface area contributed by atoms with Gasteiger partial charge in [-0.2, -0.15) is 0 Å². The molecular weight excluding hydrogens is 536 g/mol. The number of hydrogen-bond acceptors (Lipinski definition) is 7. The number of nitrogens with zero attached hydrogens (tertiary/aromatic N) is 2. The molecule has 0 unspecified atom stereocenters. The van der Waals surface area contributed by atoms with Crippen LogP contribution in [0.3, 0.4) is 0 Å². The number of non-ortho nitro benzene ring substituents is 1. The van der Waals surface area contributed by atoms with E-state index >= 15 is 0 Å². The molecule has 0 N–H and O–H groups in total. The number of amides is 2. The fourth-order valence-electron chi connectivity index (χ4n) is 6.75. The van der Waals surface area contributed by atoms with Gasteiger partial charge >= 0.3 is 5.97 Å². The molecule has 0 spiro atoms. The molecule has 4 aliphatic rings. The van der Waals surface area contributed by atoms with Gasteiger partial charge in [0.2, 0.25) is 11.8 Å². The van der Waals surface area contributed by atoms with Crippen molar-refractivity contribution in [1.82, 2.24) is 0 Å². The van der Waals surface area contributed by atoms with E-state index in [0.717, 1.165) is 22.3 Å². The summed E-state index contributed by atoms with van der Waals surface area (Å²) in [5.74, 6) is -3.23. The van der Waals surface area contributed by atoms with Crippen molar-refractivity contribution in [3.8, 4) is 0 Å². The topological polar surface area (TPSA) is 124 Å². The molecule has 0 saturated carbocycles. The van der Waals surface area contributed by atoms with Crippen LogP contribution in [-0.2, 0) is 14.3 Å². The highest BCUT2D eigenvalue weighted by atomic mass is 16.6. The lowest BCUT2D eigenvalue weighted by Crippen LogP contribution is -2.41. The molecule has 1 heterocycles. The average Bonchev–Trinajstić information content (AvgIpc) is 3.29. The first kappa shape index (κ1) is 25.5. The molecule has 2 bridgehead atoms. The van der Waals surface area contributed by atoms with Gasteiger partial charge in [-0.15, -0.1) is 0 Å². The summed E-state index contributed by atoms with van der Waals surface area (Å²) in [5.41, 5.74) is 4.89. The van der Waals surface area contributed by atoms with Crippen molar-refractivity contribution in [2.75, 3.05) is 11.5 Å². The number of hydrogen-bond donors (Lipinski definition) is 0. The van der Waals surface area contributed by atoms with Crippen molar-refractivity contribution < 1.29 is 28.8 Å². The monoisotopic (exact) mass is 558 g/mol. The highest BCUT2D eigenvalue weighted by molar-refractivity contribution is 6.23. The third kappa shape index (κ3) is 3.77. The molecule has 3 aliphatic carbocycles. The van der Waals surface area contributed by atoms with Gasteiger partial charge in [0.25, 0.3) is 5.69 Å². The van der Waals surface area contributed by atoms with Crippen LogP contribution in [0.2, 0.25) is 0 Å². The molecule has 1 aliphatic heterocycles. The van der Waals surface area contributed by atoms with Crippen LogP contribution in [0, 0.1) is 22.0 Å². The van der Waals surface area contributed by atoms with Crippen LogP contribution in [0.4, 0.5) is 11.4 Å². The van der Waals surface area contributed by atoms with Crippen LogP contribution < -0.4 is 4.90 Å². The minimum Gasteiger partial charge on any atom is -0.454 e. The molecule has 2 atom stereocenters. The molecule has 4 aromatic rings. The molecule has 0 radical (unpaired) electrons. The number of carbonyl (C=O) groups is 4. The molecule has 1 fully saturated rings. The Balaban J connectivity index is 1.10. The molecule has 2 amide bonds. The van der Waals surface area contributed by atoms with E-state index in [0.29, 0.717) is 5.69 Å². The third-order valence-electron chi connectivity index (χ3n) is 8.54. The highest BCUT2D eigenvalue weighted by Crippen LogP contribution is 2.61. The zero-order chi connectivity index (χ0) is 29.1. The highest BCUT2D eigenvalue weighted by Gasteiger charge is 2.61. The summed E-state index contributed by atoms with van der Waals surface area (Å²) in [6.07, 6.45) is 0. The van der Waals surface area contributed by atoms with Gasteiger partial charge in [-0.3, -0.25) is 24.5 Å². The Bertz CT molecular complexity index is 1700. The lowest BCUT2D eigenvalue weighted by Gasteiger charge is -2.45. The number of benzene rings is 4. The second kappa shape index (κ2) is 9.59. The standard InChI is InChI=1S/C33H22N2O7/c36-26(18-9-15-21(16-10-18)35(40)41)17-42-33(39)19-11-13-20(14-12-19)34-31(37)29-27-22-5-1-2-6-23(22)28(30(29)32(34)38)25-8-4-3-7-24(25)27/h1-16,27-30H,17H2/t27?,28?,29-,30-/m0/s1. The van der Waals surface area contributed by atoms with E-state index in [1.807, 2.05) is 48.5 Å². The number of carbonyl (C=O) groups excluding carboxylic acids is 4. The van der Waals surface area contributed by atoms with Crippen LogP contribution in [0.5, 0.6) is 0 Å². The Morgan fingerprint density at radius 3 is 1.60 bits per heavy atom. The van der Waals surface area contributed by atoms with Crippen molar-refractivity contribution in [1.29, 1.82) is 0 Å². The summed E-state index contributed by atoms with van der Waals surface area (Å²) < 4.78 is 5.14. The number of nitro groups is 1. The molecule has 206 valence electrons. The number of rotatable bonds is 6. The summed E-state index contributed by atoms with van der Waals surface area (Å²) in [5, 5.41) is 10.8. The summed E-state index contributed by atoms with van der Waals surface area (Å²) in [6, 6.07) is 27.0. The Kier molecular flexibility index (Phi) is 5.83. The lowest BCUT2D eigenvalue weighted by molar-refractivity contribution is -0.384. The number of ether oxygens (including phenoxy) is 1. The normalized spacial score (nSPS) is 21.4. The number of Topliss-reactive ketones (excluding diaryl/α,β-unsaturated/α-hetero) is 1. The van der Waals surface area contributed by atoms with Crippen LogP contribution in [-0.4, -0.2) is 35.1 Å². The molecule has 0 aromatic heterocycles. The second-order valence-electron chi connectivity index (χ2n) is 10.6. The largest absolute Gasteiger partial charge is 0.454 e. The Morgan fingerprint density at radius 1 is 0.690 bits per heavy atom. The zero-order valence-corrected chi connectivity index (χ0v) is 22.0. The maximum atomic E-state index is 13.9. The zero-order valence-electron chi connectivity index (χ0n) is 22.0. The Labute approximate surface area is 239 Å². The summed E-state index contributed by atoms with van der Waals surface area (Å²) >= 11 is 0. The minimum atomic E-state index is -0.756. The Morgan fingerprint density at radius 2 is 1.14 bits per heavy atom. The summed E-state index contributed by atoms with van der Waals surface area (Å²) in [7, 11) is 0. The van der Waals surface area contributed by atoms with E-state index in [1.54, 1.807) is 0 Å². The second-order valence-corrected chi connectivity index (χ2v) is 10.6. The van der Waals surface area contributed by atoms with Crippen molar-refractivity contribution in [3.05, 3.63) is 141 Å². The van der Waals surface area contributed by atoms with Crippen LogP contribution >= 0.6 is 0 Å². The molecule has 8 rings (SSSR count). The fourth-order valence-corrected chi connectivity index (χ4v) is 6.75. The SMILES string of the molecule is O=C(COC(=O)c1ccc(N2C(=O)[C@H]3C4c5ccccc5C(c5ccccc54)[C@@H]3C2=O)cc1)c1ccc([N+](=O)[O-])cc1. The van der Waals surface area contributed by atoms with Gasteiger partial charge in [0.05, 0.1) is 28.0 Å². The summed E-state index contributed by atoms with van der Waals surface area (Å²) in [6.45, 7) is -0.547. The molecule has 1 saturated heterocycles. The number of nitro benzene ring substituents is 1. The number of ketones is 1. The first-order chi connectivity index (χ1) is 20.3.